The van der Waals surface area contributed by atoms with E-state index in [0.29, 0.717) is 30.1 Å². The lowest BCUT2D eigenvalue weighted by atomic mass is 9.88. The summed E-state index contributed by atoms with van der Waals surface area (Å²) in [5.74, 6) is 2.22. The molecule has 3 rings (SSSR count). The maximum Gasteiger partial charge on any atom is 0.246 e. The normalized spacial score (nSPS) is 11.2. The van der Waals surface area contributed by atoms with Crippen molar-refractivity contribution in [2.75, 3.05) is 13.6 Å². The maximum absolute atomic E-state index is 5.11. The van der Waals surface area contributed by atoms with Crippen molar-refractivity contribution in [2.24, 2.45) is 4.99 Å². The van der Waals surface area contributed by atoms with Crippen LogP contribution < -0.4 is 10.6 Å². The van der Waals surface area contributed by atoms with Crippen molar-refractivity contribution in [2.45, 2.75) is 25.8 Å². The topological polar surface area (TPSA) is 75.3 Å². The van der Waals surface area contributed by atoms with E-state index in [0.717, 1.165) is 13.0 Å². The van der Waals surface area contributed by atoms with Gasteiger partial charge in [0, 0.05) is 19.5 Å². The van der Waals surface area contributed by atoms with E-state index >= 15 is 0 Å². The summed E-state index contributed by atoms with van der Waals surface area (Å²) in [6.45, 7) is 3.03. The van der Waals surface area contributed by atoms with Gasteiger partial charge in [-0.15, -0.1) is 24.0 Å². The minimum absolute atomic E-state index is 0. The third-order valence-electron chi connectivity index (χ3n) is 4.33. The van der Waals surface area contributed by atoms with E-state index in [1.54, 1.807) is 14.0 Å². The number of aliphatic imine (C=N–C) groups is 1. The Morgan fingerprint density at radius 2 is 1.61 bits per heavy atom. The fraction of sp³-hybridized carbons (Fsp3) is 0.286. The molecule has 0 saturated carbocycles. The predicted molar refractivity (Wildman–Crippen MR) is 122 cm³/mol. The highest BCUT2D eigenvalue weighted by molar-refractivity contribution is 14.0. The van der Waals surface area contributed by atoms with Gasteiger partial charge in [0.05, 0.1) is 6.54 Å². The lowest BCUT2D eigenvalue weighted by molar-refractivity contribution is 0.371. The summed E-state index contributed by atoms with van der Waals surface area (Å²) in [5, 5.41) is 10.3. The molecule has 3 aromatic rings. The number of hydrogen-bond donors (Lipinski definition) is 2. The summed E-state index contributed by atoms with van der Waals surface area (Å²) in [6, 6.07) is 21.2. The van der Waals surface area contributed by atoms with Gasteiger partial charge in [-0.3, -0.25) is 4.99 Å². The molecule has 0 radical (unpaired) electrons. The SMILES string of the molecule is CN=C(NCCC(c1ccccc1)c1ccccc1)NCc1nc(C)no1.I. The van der Waals surface area contributed by atoms with Crippen LogP contribution in [0.1, 0.15) is 35.2 Å². The molecule has 2 aromatic carbocycles. The highest BCUT2D eigenvalue weighted by atomic mass is 127. The lowest BCUT2D eigenvalue weighted by Crippen LogP contribution is -2.37. The second-order valence-corrected chi connectivity index (χ2v) is 6.25. The van der Waals surface area contributed by atoms with Crippen molar-refractivity contribution in [3.05, 3.63) is 83.5 Å². The van der Waals surface area contributed by atoms with Crippen LogP contribution in [-0.4, -0.2) is 29.7 Å². The Labute approximate surface area is 182 Å². The minimum Gasteiger partial charge on any atom is -0.356 e. The monoisotopic (exact) mass is 491 g/mol. The molecule has 0 unspecified atom stereocenters. The summed E-state index contributed by atoms with van der Waals surface area (Å²) >= 11 is 0. The molecule has 1 aromatic heterocycles. The molecular formula is C21H26IN5O. The first-order valence-electron chi connectivity index (χ1n) is 9.10. The second kappa shape index (κ2) is 11.4. The molecule has 0 aliphatic heterocycles. The highest BCUT2D eigenvalue weighted by Crippen LogP contribution is 2.27. The quantitative estimate of drug-likeness (QED) is 0.298. The molecule has 0 aliphatic rings. The van der Waals surface area contributed by atoms with Gasteiger partial charge >= 0.3 is 0 Å². The number of hydrogen-bond acceptors (Lipinski definition) is 4. The third-order valence-corrected chi connectivity index (χ3v) is 4.33. The van der Waals surface area contributed by atoms with Crippen molar-refractivity contribution < 1.29 is 4.52 Å². The Morgan fingerprint density at radius 1 is 1.00 bits per heavy atom. The molecule has 28 heavy (non-hydrogen) atoms. The fourth-order valence-electron chi connectivity index (χ4n) is 3.02. The van der Waals surface area contributed by atoms with E-state index in [4.69, 9.17) is 4.52 Å². The molecule has 0 fully saturated rings. The first kappa shape index (κ1) is 21.9. The number of benzene rings is 2. The lowest BCUT2D eigenvalue weighted by Gasteiger charge is -2.19. The molecule has 0 atom stereocenters. The number of guanidine groups is 1. The van der Waals surface area contributed by atoms with Gasteiger partial charge in [0.25, 0.3) is 0 Å². The molecule has 7 heteroatoms. The number of aryl methyl sites for hydroxylation is 1. The molecule has 0 aliphatic carbocycles. The first-order valence-corrected chi connectivity index (χ1v) is 9.10. The largest absolute Gasteiger partial charge is 0.356 e. The summed E-state index contributed by atoms with van der Waals surface area (Å²) in [7, 11) is 1.75. The van der Waals surface area contributed by atoms with E-state index < -0.39 is 0 Å². The van der Waals surface area contributed by atoms with Crippen LogP contribution in [0, 0.1) is 6.92 Å². The first-order chi connectivity index (χ1) is 13.3. The summed E-state index contributed by atoms with van der Waals surface area (Å²) in [4.78, 5) is 8.44. The Hall–Kier alpha value is -2.42. The van der Waals surface area contributed by atoms with Gasteiger partial charge < -0.3 is 15.2 Å². The number of nitrogens with one attached hydrogen (secondary N) is 2. The smallest absolute Gasteiger partial charge is 0.246 e. The van der Waals surface area contributed by atoms with Gasteiger partial charge in [-0.25, -0.2) is 0 Å². The zero-order chi connectivity index (χ0) is 18.9. The van der Waals surface area contributed by atoms with Crippen LogP contribution in [0.25, 0.3) is 0 Å². The Bertz CT molecular complexity index is 812. The predicted octanol–water partition coefficient (Wildman–Crippen LogP) is 3.88. The molecule has 2 N–H and O–H groups in total. The van der Waals surface area contributed by atoms with Crippen LogP contribution in [0.4, 0.5) is 0 Å². The molecule has 148 valence electrons. The molecule has 6 nitrogen and oxygen atoms in total. The van der Waals surface area contributed by atoms with Gasteiger partial charge in [-0.2, -0.15) is 4.98 Å². The molecule has 0 spiro atoms. The van der Waals surface area contributed by atoms with Crippen LogP contribution in [0.2, 0.25) is 0 Å². The van der Waals surface area contributed by atoms with Gasteiger partial charge in [-0.1, -0.05) is 65.8 Å². The Morgan fingerprint density at radius 3 is 2.11 bits per heavy atom. The Balaban J connectivity index is 0.00000280. The number of halogens is 1. The van der Waals surface area contributed by atoms with Crippen LogP contribution in [0.15, 0.2) is 70.2 Å². The van der Waals surface area contributed by atoms with Crippen molar-refractivity contribution in [3.63, 3.8) is 0 Å². The highest BCUT2D eigenvalue weighted by Gasteiger charge is 2.14. The molecule has 0 saturated heterocycles. The van der Waals surface area contributed by atoms with E-state index in [1.807, 2.05) is 0 Å². The van der Waals surface area contributed by atoms with Crippen molar-refractivity contribution in [1.82, 2.24) is 20.8 Å². The molecule has 0 amide bonds. The number of aromatic nitrogens is 2. The average molecular weight is 491 g/mol. The van der Waals surface area contributed by atoms with E-state index in [9.17, 15) is 0 Å². The summed E-state index contributed by atoms with van der Waals surface area (Å²) in [5.41, 5.74) is 2.63. The van der Waals surface area contributed by atoms with Crippen LogP contribution >= 0.6 is 24.0 Å². The summed E-state index contributed by atoms with van der Waals surface area (Å²) < 4.78 is 5.11. The average Bonchev–Trinajstić information content (AvgIpc) is 3.14. The van der Waals surface area contributed by atoms with E-state index in [-0.39, 0.29) is 24.0 Å². The maximum atomic E-state index is 5.11. The van der Waals surface area contributed by atoms with Crippen molar-refractivity contribution in [3.8, 4) is 0 Å². The number of rotatable bonds is 7. The third kappa shape index (κ3) is 6.33. The standard InChI is InChI=1S/C21H25N5O.HI/c1-16-25-20(27-26-16)15-24-21(22-2)23-14-13-19(17-9-5-3-6-10-17)18-11-7-4-8-12-18;/h3-12,19H,13-15H2,1-2H3,(H2,22,23,24);1H. The molecule has 1 heterocycles. The van der Waals surface area contributed by atoms with E-state index in [2.05, 4.69) is 86.4 Å². The van der Waals surface area contributed by atoms with Gasteiger partial charge in [0.15, 0.2) is 11.8 Å². The van der Waals surface area contributed by atoms with E-state index in [1.165, 1.54) is 11.1 Å². The Kier molecular flexibility index (Phi) is 8.93. The van der Waals surface area contributed by atoms with Gasteiger partial charge in [0.1, 0.15) is 0 Å². The van der Waals surface area contributed by atoms with Crippen LogP contribution in [-0.2, 0) is 6.54 Å². The van der Waals surface area contributed by atoms with Crippen LogP contribution in [0.5, 0.6) is 0 Å². The zero-order valence-corrected chi connectivity index (χ0v) is 18.5. The van der Waals surface area contributed by atoms with Crippen molar-refractivity contribution >= 4 is 29.9 Å². The number of nitrogens with zero attached hydrogens (tertiary/aromatic N) is 3. The summed E-state index contributed by atoms with van der Waals surface area (Å²) in [6.07, 6.45) is 0.953. The zero-order valence-electron chi connectivity index (χ0n) is 16.1. The van der Waals surface area contributed by atoms with Gasteiger partial charge in [-0.05, 0) is 24.5 Å². The van der Waals surface area contributed by atoms with Gasteiger partial charge in [0.2, 0.25) is 5.89 Å². The molecular weight excluding hydrogens is 465 g/mol. The second-order valence-electron chi connectivity index (χ2n) is 6.25. The van der Waals surface area contributed by atoms with Crippen LogP contribution in [0.3, 0.4) is 0 Å². The molecule has 0 bridgehead atoms. The fourth-order valence-corrected chi connectivity index (χ4v) is 3.02. The minimum atomic E-state index is 0. The van der Waals surface area contributed by atoms with Crippen molar-refractivity contribution in [1.29, 1.82) is 0 Å².